The number of pyridine rings is 1. The Balaban J connectivity index is 1.60. The molecular weight excluding hydrogens is 596 g/mol. The maximum Gasteiger partial charge on any atom is 0.410 e. The zero-order chi connectivity index (χ0) is 33.8. The zero-order valence-electron chi connectivity index (χ0n) is 28.4. The number of fused-ring (bicyclic) bond motifs is 2. The van der Waals surface area contributed by atoms with E-state index >= 15 is 0 Å². The van der Waals surface area contributed by atoms with Crippen LogP contribution in [0.15, 0.2) is 66.7 Å². The molecule has 2 aromatic carbocycles. The van der Waals surface area contributed by atoms with E-state index in [1.54, 1.807) is 12.1 Å². The van der Waals surface area contributed by atoms with Gasteiger partial charge < -0.3 is 19.1 Å². The number of carbonyl (C=O) groups is 3. The fraction of sp³-hybridized carbons (Fsp3) is 0.459. The van der Waals surface area contributed by atoms with Gasteiger partial charge in [0.05, 0.1) is 36.7 Å². The lowest BCUT2D eigenvalue weighted by atomic mass is 10.1. The van der Waals surface area contributed by atoms with Crippen molar-refractivity contribution < 1.29 is 28.6 Å². The Morgan fingerprint density at radius 3 is 1.66 bits per heavy atom. The first-order chi connectivity index (χ1) is 22.5. The summed E-state index contributed by atoms with van der Waals surface area (Å²) in [6, 6.07) is 21.2. The van der Waals surface area contributed by atoms with E-state index in [2.05, 4.69) is 9.80 Å². The van der Waals surface area contributed by atoms with Gasteiger partial charge in [-0.2, -0.15) is 0 Å². The maximum absolute atomic E-state index is 13.2. The van der Waals surface area contributed by atoms with E-state index in [1.807, 2.05) is 80.3 Å². The first-order valence-corrected chi connectivity index (χ1v) is 16.2. The number of benzene rings is 2. The molecule has 0 N–H and O–H groups in total. The smallest absolute Gasteiger partial charge is 0.410 e. The lowest BCUT2D eigenvalue weighted by Gasteiger charge is -2.29. The third kappa shape index (κ3) is 11.5. The van der Waals surface area contributed by atoms with Crippen LogP contribution in [0.5, 0.6) is 0 Å². The molecule has 1 aromatic heterocycles. The Labute approximate surface area is 278 Å². The van der Waals surface area contributed by atoms with E-state index in [9.17, 15) is 14.4 Å². The molecule has 1 amide bonds. The van der Waals surface area contributed by atoms with Gasteiger partial charge in [0.2, 0.25) is 0 Å². The van der Waals surface area contributed by atoms with Gasteiger partial charge in [-0.15, -0.1) is 0 Å². The van der Waals surface area contributed by atoms with E-state index in [4.69, 9.17) is 19.2 Å². The molecule has 0 saturated heterocycles. The molecule has 0 aliphatic carbocycles. The molecule has 0 spiro atoms. The summed E-state index contributed by atoms with van der Waals surface area (Å²) in [6.45, 7) is 10.8. The average Bonchev–Trinajstić information content (AvgIpc) is 3.04. The molecule has 2 bridgehead atoms. The Morgan fingerprint density at radius 1 is 0.681 bits per heavy atom. The SMILES string of the molecule is COC(=O)c1cccc(CN2CCCCN(C(=O)OC(C)(C)C)CCCN(Cc3cccc(C(=O)OC)c3)Cc3cccc(n3)C2)c1. The number of amides is 1. The second-order valence-corrected chi connectivity index (χ2v) is 13.0. The maximum atomic E-state index is 13.2. The fourth-order valence-corrected chi connectivity index (χ4v) is 5.68. The largest absolute Gasteiger partial charge is 0.465 e. The molecule has 10 heteroatoms. The van der Waals surface area contributed by atoms with Gasteiger partial charge in [0.15, 0.2) is 0 Å². The monoisotopic (exact) mass is 644 g/mol. The summed E-state index contributed by atoms with van der Waals surface area (Å²) in [5.41, 5.74) is 4.35. The van der Waals surface area contributed by atoms with E-state index in [1.165, 1.54) is 14.2 Å². The van der Waals surface area contributed by atoms with Crippen molar-refractivity contribution in [3.05, 3.63) is 100 Å². The number of ether oxygens (including phenoxy) is 3. The number of methoxy groups -OCH3 is 2. The summed E-state index contributed by atoms with van der Waals surface area (Å²) in [7, 11) is 2.77. The number of rotatable bonds is 6. The second kappa shape index (κ2) is 17.0. The summed E-state index contributed by atoms with van der Waals surface area (Å²) >= 11 is 0. The normalized spacial score (nSPS) is 15.6. The third-order valence-electron chi connectivity index (χ3n) is 7.85. The van der Waals surface area contributed by atoms with Gasteiger partial charge in [-0.3, -0.25) is 14.8 Å². The molecule has 47 heavy (non-hydrogen) atoms. The quantitative estimate of drug-likeness (QED) is 0.233. The Kier molecular flexibility index (Phi) is 12.9. The van der Waals surface area contributed by atoms with Crippen LogP contribution in [0.1, 0.15) is 83.3 Å². The van der Waals surface area contributed by atoms with Crippen LogP contribution < -0.4 is 0 Å². The minimum Gasteiger partial charge on any atom is -0.465 e. The lowest BCUT2D eigenvalue weighted by Crippen LogP contribution is -2.39. The molecule has 0 atom stereocenters. The number of nitrogens with zero attached hydrogens (tertiary/aromatic N) is 4. The van der Waals surface area contributed by atoms with Crippen LogP contribution in [0.25, 0.3) is 0 Å². The van der Waals surface area contributed by atoms with Crippen molar-refractivity contribution in [1.82, 2.24) is 19.7 Å². The standard InChI is InChI=1S/C37H48N4O6/c1-37(2,3)47-36(44)41-20-7-6-18-39(24-28-12-8-14-30(22-28)34(42)45-4)26-32-16-10-17-33(38-32)27-40(19-11-21-41)25-29-13-9-15-31(23-29)35(43)46-5/h8-10,12-17,22-23H,6-7,11,18-21,24-27H2,1-5H3. The van der Waals surface area contributed by atoms with Crippen molar-refractivity contribution in [1.29, 1.82) is 0 Å². The number of esters is 2. The molecule has 0 saturated carbocycles. The van der Waals surface area contributed by atoms with Gasteiger partial charge in [-0.25, -0.2) is 14.4 Å². The Bertz CT molecular complexity index is 1500. The van der Waals surface area contributed by atoms with Crippen LogP contribution in [-0.4, -0.2) is 83.7 Å². The van der Waals surface area contributed by atoms with E-state index < -0.39 is 5.60 Å². The lowest BCUT2D eigenvalue weighted by molar-refractivity contribution is 0.0237. The molecule has 4 rings (SSSR count). The summed E-state index contributed by atoms with van der Waals surface area (Å²) in [6.07, 6.45) is 2.13. The van der Waals surface area contributed by atoms with Crippen LogP contribution >= 0.6 is 0 Å². The van der Waals surface area contributed by atoms with E-state index in [0.717, 1.165) is 54.9 Å². The molecule has 0 fully saturated rings. The summed E-state index contributed by atoms with van der Waals surface area (Å²) < 4.78 is 15.6. The van der Waals surface area contributed by atoms with Crippen LogP contribution in [0.4, 0.5) is 4.79 Å². The van der Waals surface area contributed by atoms with Crippen LogP contribution in [0, 0.1) is 0 Å². The summed E-state index contributed by atoms with van der Waals surface area (Å²) in [5, 5.41) is 0. The third-order valence-corrected chi connectivity index (χ3v) is 7.85. The summed E-state index contributed by atoms with van der Waals surface area (Å²) in [5.74, 6) is -0.727. The predicted molar refractivity (Wildman–Crippen MR) is 180 cm³/mol. The van der Waals surface area contributed by atoms with Gasteiger partial charge in [0.1, 0.15) is 5.60 Å². The zero-order valence-corrected chi connectivity index (χ0v) is 28.4. The highest BCUT2D eigenvalue weighted by Gasteiger charge is 2.23. The van der Waals surface area contributed by atoms with Crippen molar-refractivity contribution in [3.8, 4) is 0 Å². The highest BCUT2D eigenvalue weighted by Crippen LogP contribution is 2.18. The minimum atomic E-state index is -0.587. The van der Waals surface area contributed by atoms with Crippen molar-refractivity contribution >= 4 is 18.0 Å². The predicted octanol–water partition coefficient (Wildman–Crippen LogP) is 6.08. The van der Waals surface area contributed by atoms with Gasteiger partial charge in [-0.05, 0) is 94.1 Å². The highest BCUT2D eigenvalue weighted by atomic mass is 16.6. The first-order valence-electron chi connectivity index (χ1n) is 16.2. The number of hydrogen-bond acceptors (Lipinski definition) is 9. The molecule has 10 nitrogen and oxygen atoms in total. The number of carbonyl (C=O) groups excluding carboxylic acids is 3. The molecular formula is C37H48N4O6. The van der Waals surface area contributed by atoms with Crippen LogP contribution in [-0.2, 0) is 40.4 Å². The Hall–Kier alpha value is -4.28. The molecule has 3 aromatic rings. The van der Waals surface area contributed by atoms with Crippen LogP contribution in [0.2, 0.25) is 0 Å². The topological polar surface area (TPSA) is 102 Å². The molecule has 1 aliphatic rings. The van der Waals surface area contributed by atoms with Gasteiger partial charge >= 0.3 is 18.0 Å². The van der Waals surface area contributed by atoms with Crippen molar-refractivity contribution in [2.75, 3.05) is 40.4 Å². The van der Waals surface area contributed by atoms with Gasteiger partial charge in [-0.1, -0.05) is 30.3 Å². The summed E-state index contributed by atoms with van der Waals surface area (Å²) in [4.78, 5) is 49.1. The van der Waals surface area contributed by atoms with Gasteiger partial charge in [0, 0.05) is 45.8 Å². The van der Waals surface area contributed by atoms with Crippen molar-refractivity contribution in [2.45, 2.75) is 71.8 Å². The van der Waals surface area contributed by atoms with Crippen molar-refractivity contribution in [2.24, 2.45) is 0 Å². The number of hydrogen-bond donors (Lipinski definition) is 0. The highest BCUT2D eigenvalue weighted by molar-refractivity contribution is 5.89. The molecule has 0 unspecified atom stereocenters. The molecule has 0 radical (unpaired) electrons. The minimum absolute atomic E-state index is 0.302. The fourth-order valence-electron chi connectivity index (χ4n) is 5.68. The Morgan fingerprint density at radius 2 is 1.15 bits per heavy atom. The second-order valence-electron chi connectivity index (χ2n) is 13.0. The van der Waals surface area contributed by atoms with E-state index in [-0.39, 0.29) is 18.0 Å². The van der Waals surface area contributed by atoms with Gasteiger partial charge in [0.25, 0.3) is 0 Å². The molecule has 2 heterocycles. The van der Waals surface area contributed by atoms with Crippen molar-refractivity contribution in [3.63, 3.8) is 0 Å². The first kappa shape index (κ1) is 35.6. The average molecular weight is 645 g/mol. The van der Waals surface area contributed by atoms with E-state index in [0.29, 0.717) is 50.4 Å². The molecule has 252 valence electrons. The molecule has 1 aliphatic heterocycles. The number of aromatic nitrogens is 1. The van der Waals surface area contributed by atoms with Crippen LogP contribution in [0.3, 0.4) is 0 Å².